The number of benzene rings is 1. The molecule has 1 aliphatic rings. The van der Waals surface area contributed by atoms with E-state index in [-0.39, 0.29) is 30.5 Å². The molecule has 25 heavy (non-hydrogen) atoms. The largest absolute Gasteiger partial charge is 0.393 e. The second-order valence-corrected chi connectivity index (χ2v) is 6.40. The average Bonchev–Trinajstić information content (AvgIpc) is 3.09. The summed E-state index contributed by atoms with van der Waals surface area (Å²) in [5, 5.41) is 24.5. The highest BCUT2D eigenvalue weighted by Crippen LogP contribution is 2.38. The number of aliphatic hydroxyl groups excluding tert-OH is 1. The summed E-state index contributed by atoms with van der Waals surface area (Å²) >= 11 is 0. The molecule has 1 aliphatic carbocycles. The summed E-state index contributed by atoms with van der Waals surface area (Å²) in [7, 11) is 0. The maximum atomic E-state index is 12.4. The molecule has 0 spiro atoms. The molecule has 128 valence electrons. The van der Waals surface area contributed by atoms with Crippen LogP contribution < -0.4 is 5.32 Å². The molecule has 4 rings (SSSR count). The molecule has 1 atom stereocenters. The van der Waals surface area contributed by atoms with Crippen LogP contribution in [-0.4, -0.2) is 42.3 Å². The Hall–Kier alpha value is -2.87. The molecular formula is C17H18N6O2. The van der Waals surface area contributed by atoms with Crippen molar-refractivity contribution < 1.29 is 9.90 Å². The Balaban J connectivity index is 1.57. The monoisotopic (exact) mass is 338 g/mol. The number of rotatable bonds is 5. The van der Waals surface area contributed by atoms with Gasteiger partial charge in [0.2, 0.25) is 5.91 Å². The van der Waals surface area contributed by atoms with Gasteiger partial charge < -0.3 is 10.4 Å². The molecule has 1 saturated carbocycles. The first-order valence-electron chi connectivity index (χ1n) is 8.22. The van der Waals surface area contributed by atoms with Gasteiger partial charge in [0.15, 0.2) is 0 Å². The number of nitrogens with zero attached hydrogens (tertiary/aromatic N) is 5. The Labute approximate surface area is 143 Å². The van der Waals surface area contributed by atoms with Crippen LogP contribution in [0.5, 0.6) is 0 Å². The van der Waals surface area contributed by atoms with Gasteiger partial charge in [0.05, 0.1) is 17.7 Å². The van der Waals surface area contributed by atoms with Gasteiger partial charge in [-0.2, -0.15) is 0 Å². The molecule has 0 aliphatic heterocycles. The lowest BCUT2D eigenvalue weighted by Crippen LogP contribution is -2.42. The number of carbonyl (C=O) groups excluding carboxylic acids is 1. The summed E-state index contributed by atoms with van der Waals surface area (Å²) in [6.45, 7) is 0.0553. The lowest BCUT2D eigenvalue weighted by atomic mass is 9.75. The first-order valence-corrected chi connectivity index (χ1v) is 8.22. The van der Waals surface area contributed by atoms with Gasteiger partial charge >= 0.3 is 0 Å². The van der Waals surface area contributed by atoms with Gasteiger partial charge in [-0.15, -0.1) is 5.10 Å². The molecule has 2 heterocycles. The molecule has 8 heteroatoms. The number of aromatic nitrogens is 5. The van der Waals surface area contributed by atoms with Crippen molar-refractivity contribution in [2.45, 2.75) is 31.5 Å². The highest BCUT2D eigenvalue weighted by molar-refractivity contribution is 5.79. The highest BCUT2D eigenvalue weighted by atomic mass is 16.3. The first kappa shape index (κ1) is 15.6. The summed E-state index contributed by atoms with van der Waals surface area (Å²) in [5.74, 6) is 0.0163. The molecule has 2 aromatic heterocycles. The minimum Gasteiger partial charge on any atom is -0.393 e. The van der Waals surface area contributed by atoms with Crippen LogP contribution in [0.2, 0.25) is 0 Å². The summed E-state index contributed by atoms with van der Waals surface area (Å²) in [4.78, 5) is 16.9. The fourth-order valence-corrected chi connectivity index (χ4v) is 3.25. The van der Waals surface area contributed by atoms with Crippen LogP contribution in [0, 0.1) is 5.92 Å². The lowest BCUT2D eigenvalue weighted by molar-refractivity contribution is -0.123. The van der Waals surface area contributed by atoms with Gasteiger partial charge in [0, 0.05) is 11.6 Å². The fraction of sp³-hybridized carbons (Fsp3) is 0.353. The number of hydrogen-bond donors (Lipinski definition) is 2. The van der Waals surface area contributed by atoms with E-state index < -0.39 is 0 Å². The normalized spacial score (nSPS) is 20.8. The van der Waals surface area contributed by atoms with Crippen LogP contribution in [0.4, 0.5) is 0 Å². The number of carbonyl (C=O) groups is 1. The van der Waals surface area contributed by atoms with E-state index in [1.165, 1.54) is 11.0 Å². The summed E-state index contributed by atoms with van der Waals surface area (Å²) < 4.78 is 1.38. The van der Waals surface area contributed by atoms with E-state index in [1.54, 1.807) is 6.20 Å². The molecule has 1 amide bonds. The number of fused-ring (bicyclic) bond motifs is 1. The third-order valence-corrected chi connectivity index (χ3v) is 4.61. The Bertz CT molecular complexity index is 876. The maximum Gasteiger partial charge on any atom is 0.242 e. The van der Waals surface area contributed by atoms with Gasteiger partial charge in [-0.1, -0.05) is 18.2 Å². The van der Waals surface area contributed by atoms with E-state index in [4.69, 9.17) is 0 Å². The topological polar surface area (TPSA) is 106 Å². The van der Waals surface area contributed by atoms with Crippen molar-refractivity contribution in [1.82, 2.24) is 30.5 Å². The number of amides is 1. The van der Waals surface area contributed by atoms with Crippen LogP contribution in [-0.2, 0) is 11.3 Å². The lowest BCUT2D eigenvalue weighted by Gasteiger charge is -2.38. The second-order valence-electron chi connectivity index (χ2n) is 6.40. The minimum atomic E-state index is -0.294. The van der Waals surface area contributed by atoms with Crippen LogP contribution in [0.25, 0.3) is 10.9 Å². The van der Waals surface area contributed by atoms with E-state index in [1.807, 2.05) is 24.3 Å². The van der Waals surface area contributed by atoms with Gasteiger partial charge in [0.1, 0.15) is 12.9 Å². The van der Waals surface area contributed by atoms with Crippen molar-refractivity contribution in [1.29, 1.82) is 0 Å². The van der Waals surface area contributed by atoms with Crippen molar-refractivity contribution in [2.24, 2.45) is 5.92 Å². The Morgan fingerprint density at radius 1 is 1.36 bits per heavy atom. The molecular weight excluding hydrogens is 320 g/mol. The first-order chi connectivity index (χ1) is 12.2. The highest BCUT2D eigenvalue weighted by Gasteiger charge is 2.36. The van der Waals surface area contributed by atoms with Crippen LogP contribution in [0.15, 0.2) is 42.9 Å². The standard InChI is InChI=1S/C17H18N6O2/c24-14-6-12(7-14)17(20-16(25)9-23-10-19-21-22-23)13-5-11-3-1-2-4-15(11)18-8-13/h1-5,8,10,12,14,17,24H,6-7,9H2,(H,20,25)/t12?,14?,17-/m1/s1. The predicted octanol–water partition coefficient (Wildman–Crippen LogP) is 0.850. The molecule has 3 aromatic rings. The number of pyridine rings is 1. The minimum absolute atomic E-state index is 0.0553. The molecule has 1 aromatic carbocycles. The van der Waals surface area contributed by atoms with Gasteiger partial charge in [0.25, 0.3) is 0 Å². The SMILES string of the molecule is O=C(Cn1cnnn1)N[C@@H](c1cnc2ccccc2c1)C1CC(O)C1. The van der Waals surface area contributed by atoms with Crippen molar-refractivity contribution in [3.63, 3.8) is 0 Å². The second kappa shape index (κ2) is 6.56. The summed E-state index contributed by atoms with van der Waals surface area (Å²) in [6, 6.07) is 9.73. The van der Waals surface area contributed by atoms with Crippen molar-refractivity contribution in [2.75, 3.05) is 0 Å². The molecule has 0 saturated heterocycles. The van der Waals surface area contributed by atoms with E-state index in [0.717, 1.165) is 16.5 Å². The predicted molar refractivity (Wildman–Crippen MR) is 89.2 cm³/mol. The Morgan fingerprint density at radius 3 is 2.96 bits per heavy atom. The smallest absolute Gasteiger partial charge is 0.242 e. The molecule has 0 radical (unpaired) electrons. The van der Waals surface area contributed by atoms with Crippen molar-refractivity contribution in [3.05, 3.63) is 48.4 Å². The number of hydrogen-bond acceptors (Lipinski definition) is 6. The number of para-hydroxylation sites is 1. The van der Waals surface area contributed by atoms with Crippen LogP contribution in [0.3, 0.4) is 0 Å². The quantitative estimate of drug-likeness (QED) is 0.714. The zero-order valence-electron chi connectivity index (χ0n) is 13.5. The summed E-state index contributed by atoms with van der Waals surface area (Å²) in [5.41, 5.74) is 1.86. The maximum absolute atomic E-state index is 12.4. The van der Waals surface area contributed by atoms with Gasteiger partial charge in [-0.25, -0.2) is 4.68 Å². The van der Waals surface area contributed by atoms with E-state index in [9.17, 15) is 9.90 Å². The Morgan fingerprint density at radius 2 is 2.20 bits per heavy atom. The van der Waals surface area contributed by atoms with E-state index >= 15 is 0 Å². The average molecular weight is 338 g/mol. The van der Waals surface area contributed by atoms with Crippen molar-refractivity contribution >= 4 is 16.8 Å². The number of tetrazole rings is 1. The van der Waals surface area contributed by atoms with E-state index in [0.29, 0.717) is 12.8 Å². The third-order valence-electron chi connectivity index (χ3n) is 4.61. The summed E-state index contributed by atoms with van der Waals surface area (Å²) in [6.07, 6.45) is 4.25. The zero-order chi connectivity index (χ0) is 17.2. The van der Waals surface area contributed by atoms with Gasteiger partial charge in [-0.05, 0) is 46.9 Å². The van der Waals surface area contributed by atoms with Crippen LogP contribution in [0.1, 0.15) is 24.4 Å². The van der Waals surface area contributed by atoms with Gasteiger partial charge in [-0.3, -0.25) is 9.78 Å². The molecule has 8 nitrogen and oxygen atoms in total. The Kier molecular flexibility index (Phi) is 4.10. The fourth-order valence-electron chi connectivity index (χ4n) is 3.25. The number of nitrogens with one attached hydrogen (secondary N) is 1. The molecule has 2 N–H and O–H groups in total. The number of aliphatic hydroxyl groups is 1. The van der Waals surface area contributed by atoms with Crippen LogP contribution >= 0.6 is 0 Å². The zero-order valence-corrected chi connectivity index (χ0v) is 13.5. The third kappa shape index (κ3) is 3.34. The molecule has 1 fully saturated rings. The molecule has 0 bridgehead atoms. The molecule has 0 unspecified atom stereocenters. The van der Waals surface area contributed by atoms with Crippen molar-refractivity contribution in [3.8, 4) is 0 Å². The van der Waals surface area contributed by atoms with E-state index in [2.05, 4.69) is 31.9 Å².